The van der Waals surface area contributed by atoms with E-state index in [1.165, 1.54) is 12.1 Å². The first-order valence-corrected chi connectivity index (χ1v) is 10.6. The number of nitrogens with zero attached hydrogens (tertiary/aromatic N) is 1. The Bertz CT molecular complexity index is 1310. The Kier molecular flexibility index (Phi) is 6.98. The molecule has 0 saturated carbocycles. The number of fused-ring (bicyclic) bond motifs is 1. The summed E-state index contributed by atoms with van der Waals surface area (Å²) in [5.74, 6) is -0.482. The maximum Gasteiger partial charge on any atom is 0.344 e. The quantitative estimate of drug-likeness (QED) is 0.350. The molecule has 0 unspecified atom stereocenters. The standard InChI is InChI=1S/C26H22FN3O4/c1-2-33-25(31)16-34-24-15-23(17-8-10-18(27)11-9-17)30-22-13-12-20(14-21(22)24)29-26(32)28-19-6-4-3-5-7-19/h3-15H,2,16H2,1H3,(H2,28,29,32). The molecule has 0 saturated heterocycles. The van der Waals surface area contributed by atoms with Crippen LogP contribution in [0.4, 0.5) is 20.6 Å². The molecule has 0 fully saturated rings. The maximum absolute atomic E-state index is 13.4. The molecule has 0 atom stereocenters. The van der Waals surface area contributed by atoms with Crippen LogP contribution in [-0.4, -0.2) is 30.2 Å². The minimum absolute atomic E-state index is 0.241. The van der Waals surface area contributed by atoms with Crippen LogP contribution < -0.4 is 15.4 Å². The number of hydrogen-bond acceptors (Lipinski definition) is 5. The number of nitrogens with one attached hydrogen (secondary N) is 2. The van der Waals surface area contributed by atoms with Crippen molar-refractivity contribution in [3.63, 3.8) is 0 Å². The summed E-state index contributed by atoms with van der Waals surface area (Å²) in [4.78, 5) is 28.9. The van der Waals surface area contributed by atoms with Crippen molar-refractivity contribution in [1.29, 1.82) is 0 Å². The second-order valence-corrected chi connectivity index (χ2v) is 7.28. The molecule has 2 N–H and O–H groups in total. The lowest BCUT2D eigenvalue weighted by atomic mass is 10.1. The van der Waals surface area contributed by atoms with Crippen LogP contribution in [0.1, 0.15) is 6.92 Å². The summed E-state index contributed by atoms with van der Waals surface area (Å²) in [6.45, 7) is 1.66. The Labute approximate surface area is 195 Å². The zero-order valence-corrected chi connectivity index (χ0v) is 18.4. The lowest BCUT2D eigenvalue weighted by Crippen LogP contribution is -2.19. The van der Waals surface area contributed by atoms with Gasteiger partial charge in [0.05, 0.1) is 17.8 Å². The van der Waals surface area contributed by atoms with Gasteiger partial charge in [0.25, 0.3) is 0 Å². The van der Waals surface area contributed by atoms with Gasteiger partial charge in [-0.2, -0.15) is 0 Å². The molecule has 34 heavy (non-hydrogen) atoms. The fraction of sp³-hybridized carbons (Fsp3) is 0.115. The monoisotopic (exact) mass is 459 g/mol. The number of halogens is 1. The Hall–Kier alpha value is -4.46. The number of carbonyl (C=O) groups is 2. The molecule has 0 radical (unpaired) electrons. The Balaban J connectivity index is 1.65. The number of amides is 2. The highest BCUT2D eigenvalue weighted by Gasteiger charge is 2.13. The SMILES string of the molecule is CCOC(=O)COc1cc(-c2ccc(F)cc2)nc2ccc(NC(=O)Nc3ccccc3)cc12. The predicted molar refractivity (Wildman–Crippen MR) is 128 cm³/mol. The van der Waals surface area contributed by atoms with Crippen LogP contribution in [0, 0.1) is 5.82 Å². The minimum atomic E-state index is -0.507. The molecule has 7 nitrogen and oxygen atoms in total. The van der Waals surface area contributed by atoms with Crippen LogP contribution in [-0.2, 0) is 9.53 Å². The van der Waals surface area contributed by atoms with E-state index in [2.05, 4.69) is 15.6 Å². The number of carbonyl (C=O) groups excluding carboxylic acids is 2. The van der Waals surface area contributed by atoms with Gasteiger partial charge >= 0.3 is 12.0 Å². The zero-order valence-electron chi connectivity index (χ0n) is 18.4. The molecule has 4 aromatic rings. The van der Waals surface area contributed by atoms with Crippen molar-refractivity contribution >= 4 is 34.3 Å². The van der Waals surface area contributed by atoms with Crippen LogP contribution >= 0.6 is 0 Å². The molecule has 0 spiro atoms. The maximum atomic E-state index is 13.4. The molecule has 8 heteroatoms. The van der Waals surface area contributed by atoms with Gasteiger partial charge < -0.3 is 20.1 Å². The van der Waals surface area contributed by atoms with Crippen LogP contribution in [0.3, 0.4) is 0 Å². The van der Waals surface area contributed by atoms with Crippen LogP contribution in [0.25, 0.3) is 22.2 Å². The van der Waals surface area contributed by atoms with Gasteiger partial charge in [0.2, 0.25) is 0 Å². The van der Waals surface area contributed by atoms with Crippen LogP contribution in [0.2, 0.25) is 0 Å². The summed E-state index contributed by atoms with van der Waals surface area (Å²) in [7, 11) is 0. The van der Waals surface area contributed by atoms with Gasteiger partial charge in [0.15, 0.2) is 6.61 Å². The van der Waals surface area contributed by atoms with Crippen LogP contribution in [0.15, 0.2) is 78.9 Å². The molecule has 1 heterocycles. The van der Waals surface area contributed by atoms with Crippen molar-refractivity contribution in [1.82, 2.24) is 4.98 Å². The molecule has 1 aromatic heterocycles. The van der Waals surface area contributed by atoms with Crippen molar-refractivity contribution < 1.29 is 23.5 Å². The summed E-state index contributed by atoms with van der Waals surface area (Å²) in [6, 6.07) is 21.4. The van der Waals surface area contributed by atoms with Gasteiger partial charge in [-0.15, -0.1) is 0 Å². The molecule has 4 rings (SSSR count). The van der Waals surface area contributed by atoms with Crippen molar-refractivity contribution in [3.8, 4) is 17.0 Å². The van der Waals surface area contributed by atoms with E-state index < -0.39 is 12.0 Å². The van der Waals surface area contributed by atoms with Gasteiger partial charge in [-0.1, -0.05) is 18.2 Å². The van der Waals surface area contributed by atoms with E-state index >= 15 is 0 Å². The molecule has 0 aliphatic heterocycles. The topological polar surface area (TPSA) is 89.6 Å². The Morgan fingerprint density at radius 1 is 0.912 bits per heavy atom. The zero-order chi connectivity index (χ0) is 23.9. The number of ether oxygens (including phenoxy) is 2. The lowest BCUT2D eigenvalue weighted by Gasteiger charge is -2.13. The Morgan fingerprint density at radius 2 is 1.65 bits per heavy atom. The van der Waals surface area contributed by atoms with E-state index in [1.54, 1.807) is 55.5 Å². The van der Waals surface area contributed by atoms with E-state index in [4.69, 9.17) is 9.47 Å². The smallest absolute Gasteiger partial charge is 0.344 e. The molecular weight excluding hydrogens is 437 g/mol. The third kappa shape index (κ3) is 5.66. The summed E-state index contributed by atoms with van der Waals surface area (Å²) in [5.41, 5.74) is 2.99. The average Bonchev–Trinajstić information content (AvgIpc) is 2.83. The van der Waals surface area contributed by atoms with Gasteiger partial charge in [0, 0.05) is 28.4 Å². The van der Waals surface area contributed by atoms with Crippen molar-refractivity contribution in [3.05, 3.63) is 84.7 Å². The summed E-state index contributed by atoms with van der Waals surface area (Å²) >= 11 is 0. The van der Waals surface area contributed by atoms with E-state index in [1.807, 2.05) is 18.2 Å². The average molecular weight is 459 g/mol. The molecule has 172 valence electrons. The lowest BCUT2D eigenvalue weighted by molar-refractivity contribution is -0.145. The van der Waals surface area contributed by atoms with Crippen molar-refractivity contribution in [2.45, 2.75) is 6.92 Å². The first kappa shape index (κ1) is 22.7. The van der Waals surface area contributed by atoms with Gasteiger partial charge in [0.1, 0.15) is 11.6 Å². The van der Waals surface area contributed by atoms with Crippen molar-refractivity contribution in [2.24, 2.45) is 0 Å². The molecule has 0 aliphatic carbocycles. The van der Waals surface area contributed by atoms with E-state index in [0.717, 1.165) is 0 Å². The third-order valence-electron chi connectivity index (χ3n) is 4.85. The second-order valence-electron chi connectivity index (χ2n) is 7.28. The predicted octanol–water partition coefficient (Wildman–Crippen LogP) is 5.63. The Morgan fingerprint density at radius 3 is 2.38 bits per heavy atom. The fourth-order valence-corrected chi connectivity index (χ4v) is 3.31. The number of pyridine rings is 1. The first-order valence-electron chi connectivity index (χ1n) is 10.6. The van der Waals surface area contributed by atoms with Gasteiger partial charge in [-0.05, 0) is 61.5 Å². The summed E-state index contributed by atoms with van der Waals surface area (Å²) in [6.07, 6.45) is 0. The van der Waals surface area contributed by atoms with E-state index in [9.17, 15) is 14.0 Å². The summed E-state index contributed by atoms with van der Waals surface area (Å²) in [5, 5.41) is 6.12. The van der Waals surface area contributed by atoms with E-state index in [-0.39, 0.29) is 19.0 Å². The molecule has 0 bridgehead atoms. The molecular formula is C26H22FN3O4. The van der Waals surface area contributed by atoms with E-state index in [0.29, 0.717) is 39.3 Å². The van der Waals surface area contributed by atoms with Gasteiger partial charge in [-0.25, -0.2) is 19.0 Å². The normalized spacial score (nSPS) is 10.5. The third-order valence-corrected chi connectivity index (χ3v) is 4.85. The second kappa shape index (κ2) is 10.4. The minimum Gasteiger partial charge on any atom is -0.481 e. The summed E-state index contributed by atoms with van der Waals surface area (Å²) < 4.78 is 24.1. The first-order chi connectivity index (χ1) is 16.5. The number of benzene rings is 3. The number of esters is 1. The number of rotatable bonds is 7. The number of urea groups is 1. The highest BCUT2D eigenvalue weighted by atomic mass is 19.1. The number of para-hydroxylation sites is 1. The number of hydrogen-bond donors (Lipinski definition) is 2. The van der Waals surface area contributed by atoms with Crippen molar-refractivity contribution in [2.75, 3.05) is 23.8 Å². The fourth-order valence-electron chi connectivity index (χ4n) is 3.31. The molecule has 2 amide bonds. The highest BCUT2D eigenvalue weighted by molar-refractivity contribution is 6.01. The largest absolute Gasteiger partial charge is 0.481 e. The van der Waals surface area contributed by atoms with Gasteiger partial charge in [-0.3, -0.25) is 0 Å². The number of aromatic nitrogens is 1. The number of anilines is 2. The molecule has 0 aliphatic rings. The highest BCUT2D eigenvalue weighted by Crippen LogP contribution is 2.32. The van der Waals surface area contributed by atoms with Crippen LogP contribution in [0.5, 0.6) is 5.75 Å². The molecule has 3 aromatic carbocycles.